The maximum Gasteiger partial charge on any atom is 0.243 e. The summed E-state index contributed by atoms with van der Waals surface area (Å²) in [7, 11) is -7.12. The van der Waals surface area contributed by atoms with Crippen LogP contribution in [0.2, 0.25) is 0 Å². The second-order valence-corrected chi connectivity index (χ2v) is 18.9. The zero-order valence-electron chi connectivity index (χ0n) is 28.0. The molecule has 270 valence electrons. The Labute approximate surface area is 306 Å². The number of sulfonamides is 2. The SMILES string of the molecule is O=C(CCCC1CCN(S(=O)(=O)c2ccc(-c3csc(NC(=O)C4CC4)n3)cc2)CC1)Nc1nc(-c2ccc(S(=O)(=O)N3CCCC3)cc2)cs1. The molecular weight excluding hydrogens is 729 g/mol. The van der Waals surface area contributed by atoms with Crippen LogP contribution in [-0.4, -0.2) is 73.4 Å². The maximum absolute atomic E-state index is 13.4. The van der Waals surface area contributed by atoms with Crippen LogP contribution in [0.3, 0.4) is 0 Å². The molecule has 2 aromatic carbocycles. The molecule has 7 rings (SSSR count). The lowest BCUT2D eigenvalue weighted by molar-refractivity contribution is -0.117. The summed E-state index contributed by atoms with van der Waals surface area (Å²) in [5.74, 6) is 0.318. The van der Waals surface area contributed by atoms with Gasteiger partial charge in [-0.25, -0.2) is 26.8 Å². The van der Waals surface area contributed by atoms with Crippen LogP contribution < -0.4 is 10.6 Å². The largest absolute Gasteiger partial charge is 0.302 e. The molecule has 1 aliphatic carbocycles. The Morgan fingerprint density at radius 3 is 1.69 bits per heavy atom. The first-order valence-electron chi connectivity index (χ1n) is 17.3. The van der Waals surface area contributed by atoms with Crippen LogP contribution in [-0.2, 0) is 29.6 Å². The molecule has 2 saturated heterocycles. The van der Waals surface area contributed by atoms with Crippen LogP contribution in [0.1, 0.15) is 57.8 Å². The van der Waals surface area contributed by atoms with Gasteiger partial charge in [-0.3, -0.25) is 9.59 Å². The van der Waals surface area contributed by atoms with Crippen molar-refractivity contribution >= 4 is 64.8 Å². The molecule has 12 nitrogen and oxygen atoms in total. The average Bonchev–Trinajstić information content (AvgIpc) is 3.46. The van der Waals surface area contributed by atoms with Gasteiger partial charge in [-0.15, -0.1) is 22.7 Å². The molecule has 51 heavy (non-hydrogen) atoms. The molecule has 2 aromatic heterocycles. The number of nitrogens with one attached hydrogen (secondary N) is 2. The molecule has 0 atom stereocenters. The Morgan fingerprint density at radius 2 is 1.18 bits per heavy atom. The molecule has 0 spiro atoms. The van der Waals surface area contributed by atoms with Gasteiger partial charge in [0.2, 0.25) is 31.9 Å². The second-order valence-electron chi connectivity index (χ2n) is 13.3. The van der Waals surface area contributed by atoms with Gasteiger partial charge in [0.05, 0.1) is 21.2 Å². The number of piperidine rings is 1. The Hall–Kier alpha value is -3.54. The van der Waals surface area contributed by atoms with E-state index in [1.165, 1.54) is 27.0 Å². The summed E-state index contributed by atoms with van der Waals surface area (Å²) in [6, 6.07) is 13.4. The first-order chi connectivity index (χ1) is 24.6. The molecule has 0 radical (unpaired) electrons. The predicted octanol–water partition coefficient (Wildman–Crippen LogP) is 6.28. The molecule has 2 aliphatic heterocycles. The van der Waals surface area contributed by atoms with Crippen molar-refractivity contribution in [3.63, 3.8) is 0 Å². The Balaban J connectivity index is 0.837. The number of aromatic nitrogens is 2. The van der Waals surface area contributed by atoms with E-state index in [0.717, 1.165) is 56.1 Å². The van der Waals surface area contributed by atoms with Crippen molar-refractivity contribution in [2.75, 3.05) is 36.8 Å². The number of anilines is 2. The normalized spacial score (nSPS) is 17.8. The van der Waals surface area contributed by atoms with Crippen LogP contribution in [0.4, 0.5) is 10.3 Å². The van der Waals surface area contributed by atoms with E-state index in [4.69, 9.17) is 0 Å². The van der Waals surface area contributed by atoms with E-state index in [1.807, 2.05) is 10.8 Å². The summed E-state index contributed by atoms with van der Waals surface area (Å²) in [6.45, 7) is 1.98. The number of nitrogens with zero attached hydrogens (tertiary/aromatic N) is 4. The fourth-order valence-electron chi connectivity index (χ4n) is 6.47. The van der Waals surface area contributed by atoms with Crippen LogP contribution in [0.25, 0.3) is 22.5 Å². The highest BCUT2D eigenvalue weighted by molar-refractivity contribution is 7.89. The smallest absolute Gasteiger partial charge is 0.243 e. The van der Waals surface area contributed by atoms with Gasteiger partial charge in [0, 0.05) is 60.4 Å². The number of rotatable bonds is 13. The minimum Gasteiger partial charge on any atom is -0.302 e. The number of hydrogen-bond donors (Lipinski definition) is 2. The van der Waals surface area contributed by atoms with E-state index >= 15 is 0 Å². The van der Waals surface area contributed by atoms with Crippen LogP contribution >= 0.6 is 22.7 Å². The molecule has 3 aliphatic rings. The van der Waals surface area contributed by atoms with Crippen molar-refractivity contribution < 1.29 is 26.4 Å². The Bertz CT molecular complexity index is 2080. The van der Waals surface area contributed by atoms with Crippen molar-refractivity contribution in [3.05, 3.63) is 59.3 Å². The molecule has 4 aromatic rings. The van der Waals surface area contributed by atoms with E-state index in [2.05, 4.69) is 20.6 Å². The molecular formula is C35H40N6O6S4. The molecule has 1 saturated carbocycles. The summed E-state index contributed by atoms with van der Waals surface area (Å²) in [5.41, 5.74) is 2.92. The third-order valence-corrected chi connectivity index (χ3v) is 15.0. The number of benzene rings is 2. The van der Waals surface area contributed by atoms with Gasteiger partial charge >= 0.3 is 0 Å². The van der Waals surface area contributed by atoms with Crippen molar-refractivity contribution in [2.24, 2.45) is 11.8 Å². The number of hydrogen-bond acceptors (Lipinski definition) is 10. The van der Waals surface area contributed by atoms with Gasteiger partial charge in [-0.2, -0.15) is 8.61 Å². The van der Waals surface area contributed by atoms with Gasteiger partial charge in [-0.1, -0.05) is 24.3 Å². The van der Waals surface area contributed by atoms with Gasteiger partial charge < -0.3 is 10.6 Å². The average molecular weight is 769 g/mol. The van der Waals surface area contributed by atoms with E-state index < -0.39 is 20.0 Å². The van der Waals surface area contributed by atoms with E-state index in [0.29, 0.717) is 66.6 Å². The molecule has 0 bridgehead atoms. The summed E-state index contributed by atoms with van der Waals surface area (Å²) in [5, 5.41) is 10.5. The topological polar surface area (TPSA) is 159 Å². The monoisotopic (exact) mass is 768 g/mol. The molecule has 2 N–H and O–H groups in total. The van der Waals surface area contributed by atoms with E-state index in [9.17, 15) is 26.4 Å². The van der Waals surface area contributed by atoms with Gasteiger partial charge in [0.25, 0.3) is 0 Å². The van der Waals surface area contributed by atoms with Crippen LogP contribution in [0.15, 0.2) is 69.1 Å². The number of thiazole rings is 2. The molecule has 0 unspecified atom stereocenters. The van der Waals surface area contributed by atoms with Crippen molar-refractivity contribution in [3.8, 4) is 22.5 Å². The fourth-order valence-corrected chi connectivity index (χ4v) is 10.9. The highest BCUT2D eigenvalue weighted by Gasteiger charge is 2.31. The minimum atomic E-state index is -3.64. The maximum atomic E-state index is 13.4. The van der Waals surface area contributed by atoms with Crippen molar-refractivity contribution in [2.45, 2.75) is 67.6 Å². The number of carbonyl (C=O) groups is 2. The van der Waals surface area contributed by atoms with Gasteiger partial charge in [-0.05, 0) is 81.5 Å². The van der Waals surface area contributed by atoms with Crippen LogP contribution in [0.5, 0.6) is 0 Å². The second kappa shape index (κ2) is 15.2. The summed E-state index contributed by atoms with van der Waals surface area (Å²) < 4.78 is 55.5. The fraction of sp³-hybridized carbons (Fsp3) is 0.429. The predicted molar refractivity (Wildman–Crippen MR) is 198 cm³/mol. The van der Waals surface area contributed by atoms with Gasteiger partial charge in [0.15, 0.2) is 10.3 Å². The Kier molecular flexibility index (Phi) is 10.7. The summed E-state index contributed by atoms with van der Waals surface area (Å²) in [6.07, 6.45) is 6.96. The third kappa shape index (κ3) is 8.42. The third-order valence-electron chi connectivity index (χ3n) is 9.66. The zero-order valence-corrected chi connectivity index (χ0v) is 31.3. The molecule has 4 heterocycles. The lowest BCUT2D eigenvalue weighted by atomic mass is 9.92. The summed E-state index contributed by atoms with van der Waals surface area (Å²) in [4.78, 5) is 34.2. The first-order valence-corrected chi connectivity index (χ1v) is 21.9. The first kappa shape index (κ1) is 35.8. The molecule has 16 heteroatoms. The van der Waals surface area contributed by atoms with Crippen molar-refractivity contribution in [1.82, 2.24) is 18.6 Å². The van der Waals surface area contributed by atoms with Gasteiger partial charge in [0.1, 0.15) is 0 Å². The molecule has 3 fully saturated rings. The highest BCUT2D eigenvalue weighted by Crippen LogP contribution is 2.33. The number of carbonyl (C=O) groups excluding carboxylic acids is 2. The van der Waals surface area contributed by atoms with Crippen LogP contribution in [0, 0.1) is 11.8 Å². The molecule has 2 amide bonds. The quantitative estimate of drug-likeness (QED) is 0.161. The number of amides is 2. The zero-order chi connectivity index (χ0) is 35.6. The Morgan fingerprint density at radius 1 is 0.686 bits per heavy atom. The van der Waals surface area contributed by atoms with E-state index in [-0.39, 0.29) is 27.5 Å². The summed E-state index contributed by atoms with van der Waals surface area (Å²) >= 11 is 2.67. The van der Waals surface area contributed by atoms with E-state index in [1.54, 1.807) is 52.8 Å². The lowest BCUT2D eigenvalue weighted by Gasteiger charge is -2.31. The standard InChI is InChI=1S/C35H40N6O6S4/c42-32(38-34-36-30(22-48-34)25-8-12-28(13-9-25)50(44,45)40-18-1-2-19-40)5-3-4-24-16-20-41(21-17-24)51(46,47)29-14-10-26(11-15-29)31-23-49-35(37-31)39-33(43)27-6-7-27/h8-15,22-24,27H,1-7,16-21H2,(H,36,38,42)(H,37,39,43). The minimum absolute atomic E-state index is 0.00318. The highest BCUT2D eigenvalue weighted by atomic mass is 32.2. The van der Waals surface area contributed by atoms with Crippen molar-refractivity contribution in [1.29, 1.82) is 0 Å². The lowest BCUT2D eigenvalue weighted by Crippen LogP contribution is -2.38.